The monoisotopic (exact) mass is 262 g/mol. The van der Waals surface area contributed by atoms with Gasteiger partial charge < -0.3 is 0 Å². The fourth-order valence-electron chi connectivity index (χ4n) is 1.58. The van der Waals surface area contributed by atoms with Gasteiger partial charge in [-0.3, -0.25) is 9.97 Å². The zero-order chi connectivity index (χ0) is 12.1. The molecule has 0 saturated carbocycles. The summed E-state index contributed by atoms with van der Waals surface area (Å²) in [6, 6.07) is 8.04. The highest BCUT2D eigenvalue weighted by molar-refractivity contribution is 7.84. The van der Waals surface area contributed by atoms with Crippen LogP contribution in [-0.2, 0) is 6.42 Å². The van der Waals surface area contributed by atoms with Crippen molar-refractivity contribution in [2.45, 2.75) is 11.7 Å². The highest BCUT2D eigenvalue weighted by atomic mass is 32.1. The van der Waals surface area contributed by atoms with Crippen molar-refractivity contribution in [2.75, 3.05) is 5.75 Å². The standard InChI is InChI=1S/C13H14N2S2/c16-9-12(17)7-10-1-2-13(15-8-10)11-3-5-14-6-4-11/h1-6,8,12,16-17H,7,9H2/t12-/m1/s1. The van der Waals surface area contributed by atoms with E-state index in [0.29, 0.717) is 0 Å². The van der Waals surface area contributed by atoms with Gasteiger partial charge in [0.25, 0.3) is 0 Å². The van der Waals surface area contributed by atoms with Crippen molar-refractivity contribution in [2.24, 2.45) is 0 Å². The molecule has 17 heavy (non-hydrogen) atoms. The average molecular weight is 262 g/mol. The van der Waals surface area contributed by atoms with Crippen molar-refractivity contribution in [1.82, 2.24) is 9.97 Å². The molecule has 0 unspecified atom stereocenters. The van der Waals surface area contributed by atoms with Crippen molar-refractivity contribution in [3.8, 4) is 11.3 Å². The molecule has 0 aliphatic carbocycles. The Kier molecular flexibility index (Phi) is 4.45. The van der Waals surface area contributed by atoms with Crippen LogP contribution in [0.3, 0.4) is 0 Å². The number of thiol groups is 2. The van der Waals surface area contributed by atoms with Gasteiger partial charge in [0.05, 0.1) is 5.69 Å². The molecule has 0 saturated heterocycles. The van der Waals surface area contributed by atoms with E-state index in [9.17, 15) is 0 Å². The Balaban J connectivity index is 2.13. The van der Waals surface area contributed by atoms with Gasteiger partial charge in [0.1, 0.15) is 0 Å². The van der Waals surface area contributed by atoms with Gasteiger partial charge in [-0.15, -0.1) is 0 Å². The molecule has 4 heteroatoms. The summed E-state index contributed by atoms with van der Waals surface area (Å²) in [7, 11) is 0. The second-order valence-electron chi connectivity index (χ2n) is 3.83. The molecule has 0 spiro atoms. The smallest absolute Gasteiger partial charge is 0.0703 e. The molecule has 0 radical (unpaired) electrons. The minimum Gasteiger partial charge on any atom is -0.265 e. The fraction of sp³-hybridized carbons (Fsp3) is 0.231. The molecule has 1 atom stereocenters. The third-order valence-corrected chi connectivity index (χ3v) is 3.58. The Labute approximate surface area is 112 Å². The number of nitrogens with zero attached hydrogens (tertiary/aromatic N) is 2. The lowest BCUT2D eigenvalue weighted by atomic mass is 10.1. The zero-order valence-electron chi connectivity index (χ0n) is 9.32. The Morgan fingerprint density at radius 2 is 1.88 bits per heavy atom. The minimum atomic E-state index is 0.284. The predicted octanol–water partition coefficient (Wildman–Crippen LogP) is 2.91. The van der Waals surface area contributed by atoms with E-state index >= 15 is 0 Å². The Bertz CT molecular complexity index is 457. The molecule has 0 amide bonds. The molecule has 2 rings (SSSR count). The van der Waals surface area contributed by atoms with Gasteiger partial charge in [0.2, 0.25) is 0 Å². The molecule has 88 valence electrons. The normalized spacial score (nSPS) is 12.4. The molecule has 0 aliphatic rings. The lowest BCUT2D eigenvalue weighted by molar-refractivity contribution is 0.955. The molecule has 0 fully saturated rings. The fourth-order valence-corrected chi connectivity index (χ4v) is 1.92. The van der Waals surface area contributed by atoms with Gasteiger partial charge in [-0.05, 0) is 30.2 Å². The van der Waals surface area contributed by atoms with Crippen LogP contribution in [0.4, 0.5) is 0 Å². The number of hydrogen-bond donors (Lipinski definition) is 2. The van der Waals surface area contributed by atoms with Gasteiger partial charge in [-0.25, -0.2) is 0 Å². The first-order valence-electron chi connectivity index (χ1n) is 5.44. The Morgan fingerprint density at radius 1 is 1.12 bits per heavy atom. The van der Waals surface area contributed by atoms with E-state index in [0.717, 1.165) is 23.4 Å². The Hall–Kier alpha value is -1.00. The first-order chi connectivity index (χ1) is 8.29. The van der Waals surface area contributed by atoms with Crippen LogP contribution in [0.25, 0.3) is 11.3 Å². The van der Waals surface area contributed by atoms with Crippen LogP contribution < -0.4 is 0 Å². The quantitative estimate of drug-likeness (QED) is 0.829. The van der Waals surface area contributed by atoms with E-state index in [1.54, 1.807) is 12.4 Å². The van der Waals surface area contributed by atoms with Gasteiger partial charge >= 0.3 is 0 Å². The Morgan fingerprint density at radius 3 is 2.47 bits per heavy atom. The molecular weight excluding hydrogens is 248 g/mol. The topological polar surface area (TPSA) is 25.8 Å². The van der Waals surface area contributed by atoms with Gasteiger partial charge in [-0.1, -0.05) is 6.07 Å². The van der Waals surface area contributed by atoms with E-state index in [1.165, 1.54) is 5.56 Å². The van der Waals surface area contributed by atoms with Crippen molar-refractivity contribution in [1.29, 1.82) is 0 Å². The molecule has 2 aromatic rings. The summed E-state index contributed by atoms with van der Waals surface area (Å²) in [6.07, 6.45) is 6.35. The van der Waals surface area contributed by atoms with Crippen LogP contribution >= 0.6 is 25.3 Å². The first-order valence-corrected chi connectivity index (χ1v) is 6.58. The molecule has 0 aliphatic heterocycles. The van der Waals surface area contributed by atoms with E-state index in [4.69, 9.17) is 0 Å². The van der Waals surface area contributed by atoms with E-state index < -0.39 is 0 Å². The van der Waals surface area contributed by atoms with Crippen molar-refractivity contribution >= 4 is 25.3 Å². The maximum absolute atomic E-state index is 4.45. The highest BCUT2D eigenvalue weighted by Gasteiger charge is 2.03. The zero-order valence-corrected chi connectivity index (χ0v) is 11.1. The third kappa shape index (κ3) is 3.48. The summed E-state index contributed by atoms with van der Waals surface area (Å²) < 4.78 is 0. The summed E-state index contributed by atoms with van der Waals surface area (Å²) in [5, 5.41) is 0.284. The van der Waals surface area contributed by atoms with Gasteiger partial charge in [0, 0.05) is 35.2 Å². The van der Waals surface area contributed by atoms with E-state index in [1.807, 2.05) is 24.4 Å². The molecule has 2 heterocycles. The molecule has 2 aromatic heterocycles. The number of pyridine rings is 2. The summed E-state index contributed by atoms with van der Waals surface area (Å²) in [5.74, 6) is 0.773. The van der Waals surface area contributed by atoms with Crippen LogP contribution in [-0.4, -0.2) is 21.0 Å². The van der Waals surface area contributed by atoms with Crippen LogP contribution in [0.2, 0.25) is 0 Å². The molecule has 2 nitrogen and oxygen atoms in total. The maximum Gasteiger partial charge on any atom is 0.0703 e. The largest absolute Gasteiger partial charge is 0.265 e. The lowest BCUT2D eigenvalue weighted by Crippen LogP contribution is -2.05. The third-order valence-electron chi connectivity index (χ3n) is 2.48. The number of rotatable bonds is 4. The van der Waals surface area contributed by atoms with Crippen molar-refractivity contribution in [3.05, 3.63) is 48.4 Å². The van der Waals surface area contributed by atoms with Crippen LogP contribution in [0, 0.1) is 0 Å². The highest BCUT2D eigenvalue weighted by Crippen LogP contribution is 2.16. The summed E-state index contributed by atoms with van der Waals surface area (Å²) in [6.45, 7) is 0. The lowest BCUT2D eigenvalue weighted by Gasteiger charge is -2.07. The summed E-state index contributed by atoms with van der Waals surface area (Å²) in [5.41, 5.74) is 3.25. The summed E-state index contributed by atoms with van der Waals surface area (Å²) >= 11 is 8.64. The van der Waals surface area contributed by atoms with Gasteiger partial charge in [-0.2, -0.15) is 25.3 Å². The minimum absolute atomic E-state index is 0.284. The molecule has 0 N–H and O–H groups in total. The number of aromatic nitrogens is 2. The maximum atomic E-state index is 4.45. The van der Waals surface area contributed by atoms with Crippen LogP contribution in [0.1, 0.15) is 5.56 Å². The van der Waals surface area contributed by atoms with Crippen molar-refractivity contribution < 1.29 is 0 Å². The second-order valence-corrected chi connectivity index (χ2v) is 4.92. The summed E-state index contributed by atoms with van der Waals surface area (Å²) in [4.78, 5) is 8.44. The first kappa shape index (κ1) is 12.5. The second kappa shape index (κ2) is 6.07. The molecular formula is C13H14N2S2. The number of hydrogen-bond acceptors (Lipinski definition) is 4. The predicted molar refractivity (Wildman–Crippen MR) is 77.8 cm³/mol. The molecule has 0 aromatic carbocycles. The van der Waals surface area contributed by atoms with E-state index in [2.05, 4.69) is 41.3 Å². The van der Waals surface area contributed by atoms with Crippen LogP contribution in [0.15, 0.2) is 42.9 Å². The molecule has 0 bridgehead atoms. The van der Waals surface area contributed by atoms with Crippen LogP contribution in [0.5, 0.6) is 0 Å². The van der Waals surface area contributed by atoms with Gasteiger partial charge in [0.15, 0.2) is 0 Å². The average Bonchev–Trinajstić information content (AvgIpc) is 2.40. The van der Waals surface area contributed by atoms with Crippen molar-refractivity contribution in [3.63, 3.8) is 0 Å². The van der Waals surface area contributed by atoms with E-state index in [-0.39, 0.29) is 5.25 Å². The SMILES string of the molecule is SC[C@H](S)Cc1ccc(-c2ccncc2)nc1.